The van der Waals surface area contributed by atoms with E-state index in [-0.39, 0.29) is 5.75 Å². The van der Waals surface area contributed by atoms with Gasteiger partial charge in [0.15, 0.2) is 11.6 Å². The summed E-state index contributed by atoms with van der Waals surface area (Å²) in [5.41, 5.74) is 1.59. The number of allylic oxidation sites excluding steroid dienone is 1. The third-order valence-corrected chi connectivity index (χ3v) is 5.16. The van der Waals surface area contributed by atoms with Crippen molar-refractivity contribution in [3.8, 4) is 5.75 Å². The van der Waals surface area contributed by atoms with Crippen LogP contribution in [0.15, 0.2) is 54.6 Å². The van der Waals surface area contributed by atoms with E-state index in [0.717, 1.165) is 37.8 Å². The molecule has 5 heteroatoms. The Balaban J connectivity index is 1.56. The van der Waals surface area contributed by atoms with Gasteiger partial charge in [-0.3, -0.25) is 0 Å². The molecule has 0 saturated heterocycles. The highest BCUT2D eigenvalue weighted by molar-refractivity contribution is 5.91. The van der Waals surface area contributed by atoms with Gasteiger partial charge in [0.1, 0.15) is 5.75 Å². The Bertz CT molecular complexity index is 822. The molecule has 0 aliphatic heterocycles. The standard InChI is InChI=1S/C23H24F2O3/c1-27-14-2-3-16-4-6-17(7-5-16)18-8-10-19(11-9-18)23(26)28-20-12-13-21(24)22(25)15-20/h2-3,8-13,15-17H,4-7,14H2,1H3/b3-2+. The van der Waals surface area contributed by atoms with Gasteiger partial charge in [-0.1, -0.05) is 24.3 Å². The minimum atomic E-state index is -1.05. The lowest BCUT2D eigenvalue weighted by atomic mass is 9.78. The molecule has 28 heavy (non-hydrogen) atoms. The fourth-order valence-corrected chi connectivity index (χ4v) is 3.59. The average molecular weight is 386 g/mol. The number of rotatable bonds is 6. The summed E-state index contributed by atoms with van der Waals surface area (Å²) in [6.45, 7) is 0.655. The van der Waals surface area contributed by atoms with Gasteiger partial charge >= 0.3 is 5.97 Å². The highest BCUT2D eigenvalue weighted by Crippen LogP contribution is 2.36. The lowest BCUT2D eigenvalue weighted by Gasteiger charge is -2.27. The highest BCUT2D eigenvalue weighted by atomic mass is 19.2. The van der Waals surface area contributed by atoms with Gasteiger partial charge in [-0.05, 0) is 67.3 Å². The third-order valence-electron chi connectivity index (χ3n) is 5.16. The summed E-state index contributed by atoms with van der Waals surface area (Å²) < 4.78 is 36.3. The molecule has 2 aromatic rings. The maximum absolute atomic E-state index is 13.2. The molecular formula is C23H24F2O3. The van der Waals surface area contributed by atoms with E-state index in [4.69, 9.17) is 9.47 Å². The summed E-state index contributed by atoms with van der Waals surface area (Å²) >= 11 is 0. The second-order valence-corrected chi connectivity index (χ2v) is 7.08. The van der Waals surface area contributed by atoms with Crippen molar-refractivity contribution in [2.45, 2.75) is 31.6 Å². The van der Waals surface area contributed by atoms with Crippen LogP contribution in [-0.4, -0.2) is 19.7 Å². The number of hydrogen-bond acceptors (Lipinski definition) is 3. The van der Waals surface area contributed by atoms with Crippen LogP contribution < -0.4 is 4.74 Å². The zero-order chi connectivity index (χ0) is 19.9. The predicted octanol–water partition coefficient (Wildman–Crippen LogP) is 5.66. The van der Waals surface area contributed by atoms with E-state index >= 15 is 0 Å². The average Bonchev–Trinajstić information content (AvgIpc) is 2.72. The van der Waals surface area contributed by atoms with Crippen molar-refractivity contribution in [1.29, 1.82) is 0 Å². The molecule has 0 aromatic heterocycles. The third kappa shape index (κ3) is 5.26. The van der Waals surface area contributed by atoms with Gasteiger partial charge in [-0.2, -0.15) is 0 Å². The molecule has 0 heterocycles. The normalized spacial score (nSPS) is 19.7. The van der Waals surface area contributed by atoms with Gasteiger partial charge in [0.2, 0.25) is 0 Å². The van der Waals surface area contributed by atoms with Gasteiger partial charge in [-0.15, -0.1) is 0 Å². The first-order valence-corrected chi connectivity index (χ1v) is 9.49. The SMILES string of the molecule is COC/C=C/C1CCC(c2ccc(C(=O)Oc3ccc(F)c(F)c3)cc2)CC1. The maximum atomic E-state index is 13.2. The van der Waals surface area contributed by atoms with E-state index in [0.29, 0.717) is 24.0 Å². The first-order chi connectivity index (χ1) is 13.6. The Morgan fingerprint density at radius 2 is 1.75 bits per heavy atom. The molecule has 0 amide bonds. The summed E-state index contributed by atoms with van der Waals surface area (Å²) in [6, 6.07) is 10.4. The van der Waals surface area contributed by atoms with Crippen molar-refractivity contribution >= 4 is 5.97 Å². The molecule has 3 nitrogen and oxygen atoms in total. The molecule has 1 aliphatic carbocycles. The van der Waals surface area contributed by atoms with Crippen molar-refractivity contribution in [2.24, 2.45) is 5.92 Å². The topological polar surface area (TPSA) is 35.5 Å². The number of hydrogen-bond donors (Lipinski definition) is 0. The van der Waals surface area contributed by atoms with Crippen molar-refractivity contribution < 1.29 is 23.0 Å². The van der Waals surface area contributed by atoms with E-state index in [1.807, 2.05) is 12.1 Å². The lowest BCUT2D eigenvalue weighted by molar-refractivity contribution is 0.0734. The van der Waals surface area contributed by atoms with Crippen LogP contribution in [0.2, 0.25) is 0 Å². The van der Waals surface area contributed by atoms with Gasteiger partial charge < -0.3 is 9.47 Å². The zero-order valence-electron chi connectivity index (χ0n) is 15.9. The summed E-state index contributed by atoms with van der Waals surface area (Å²) in [5.74, 6) is -1.54. The van der Waals surface area contributed by atoms with Crippen LogP contribution in [0.4, 0.5) is 8.78 Å². The first-order valence-electron chi connectivity index (χ1n) is 9.49. The second kappa shape index (κ2) is 9.60. The fourth-order valence-electron chi connectivity index (χ4n) is 3.59. The molecule has 3 rings (SSSR count). The molecule has 0 spiro atoms. The predicted molar refractivity (Wildman–Crippen MR) is 103 cm³/mol. The number of halogens is 2. The Kier molecular flexibility index (Phi) is 6.93. The largest absolute Gasteiger partial charge is 0.423 e. The van der Waals surface area contributed by atoms with Crippen LogP contribution in [-0.2, 0) is 4.74 Å². The minimum absolute atomic E-state index is 0.0205. The molecule has 0 radical (unpaired) electrons. The molecule has 0 atom stereocenters. The van der Waals surface area contributed by atoms with Crippen LogP contribution in [0.5, 0.6) is 5.75 Å². The van der Waals surface area contributed by atoms with E-state index in [2.05, 4.69) is 12.2 Å². The van der Waals surface area contributed by atoms with Gasteiger partial charge in [0.25, 0.3) is 0 Å². The van der Waals surface area contributed by atoms with E-state index in [9.17, 15) is 13.6 Å². The van der Waals surface area contributed by atoms with Gasteiger partial charge in [-0.25, -0.2) is 13.6 Å². The number of carbonyl (C=O) groups is 1. The smallest absolute Gasteiger partial charge is 0.343 e. The Morgan fingerprint density at radius 3 is 2.39 bits per heavy atom. The van der Waals surface area contributed by atoms with E-state index in [1.165, 1.54) is 11.6 Å². The second-order valence-electron chi connectivity index (χ2n) is 7.08. The molecule has 1 fully saturated rings. The van der Waals surface area contributed by atoms with E-state index < -0.39 is 17.6 Å². The Labute approximate surface area is 164 Å². The van der Waals surface area contributed by atoms with Crippen LogP contribution in [0.25, 0.3) is 0 Å². The van der Waals surface area contributed by atoms with Crippen LogP contribution in [0.3, 0.4) is 0 Å². The molecular weight excluding hydrogens is 362 g/mol. The molecule has 0 N–H and O–H groups in total. The maximum Gasteiger partial charge on any atom is 0.343 e. The van der Waals surface area contributed by atoms with Crippen LogP contribution >= 0.6 is 0 Å². The highest BCUT2D eigenvalue weighted by Gasteiger charge is 2.21. The monoisotopic (exact) mass is 386 g/mol. The van der Waals surface area contributed by atoms with Crippen molar-refractivity contribution in [3.63, 3.8) is 0 Å². The molecule has 148 valence electrons. The van der Waals surface area contributed by atoms with Crippen molar-refractivity contribution in [1.82, 2.24) is 0 Å². The number of benzene rings is 2. The number of ether oxygens (including phenoxy) is 2. The lowest BCUT2D eigenvalue weighted by Crippen LogP contribution is -2.13. The van der Waals surface area contributed by atoms with Gasteiger partial charge in [0.05, 0.1) is 12.2 Å². The molecule has 0 unspecified atom stereocenters. The Morgan fingerprint density at radius 1 is 1.04 bits per heavy atom. The molecule has 0 bridgehead atoms. The zero-order valence-corrected chi connectivity index (χ0v) is 15.9. The number of carbonyl (C=O) groups excluding carboxylic acids is 1. The molecule has 2 aromatic carbocycles. The quantitative estimate of drug-likeness (QED) is 0.365. The van der Waals surface area contributed by atoms with E-state index in [1.54, 1.807) is 19.2 Å². The number of esters is 1. The number of methoxy groups -OCH3 is 1. The fraction of sp³-hybridized carbons (Fsp3) is 0.348. The van der Waals surface area contributed by atoms with Crippen LogP contribution in [0.1, 0.15) is 47.5 Å². The molecule has 1 aliphatic rings. The summed E-state index contributed by atoms with van der Waals surface area (Å²) in [7, 11) is 1.69. The summed E-state index contributed by atoms with van der Waals surface area (Å²) in [5, 5.41) is 0. The Hall–Kier alpha value is -2.53. The van der Waals surface area contributed by atoms with Crippen LogP contribution in [0, 0.1) is 17.6 Å². The summed E-state index contributed by atoms with van der Waals surface area (Å²) in [6.07, 6.45) is 8.84. The van der Waals surface area contributed by atoms with Gasteiger partial charge in [0, 0.05) is 13.2 Å². The first kappa shape index (κ1) is 20.2. The van der Waals surface area contributed by atoms with Crippen molar-refractivity contribution in [3.05, 3.63) is 77.4 Å². The minimum Gasteiger partial charge on any atom is -0.423 e. The molecule has 1 saturated carbocycles. The van der Waals surface area contributed by atoms with Crippen molar-refractivity contribution in [2.75, 3.05) is 13.7 Å². The summed E-state index contributed by atoms with van der Waals surface area (Å²) in [4.78, 5) is 12.2.